The summed E-state index contributed by atoms with van der Waals surface area (Å²) in [7, 11) is 1.87. The molecule has 0 bridgehead atoms. The average molecular weight is 226 g/mol. The molecule has 1 aliphatic carbocycles. The third kappa shape index (κ3) is 3.78. The highest BCUT2D eigenvalue weighted by atomic mass is 16.2. The van der Waals surface area contributed by atoms with Gasteiger partial charge in [0.15, 0.2) is 0 Å². The molecule has 0 aliphatic heterocycles. The Hall–Kier alpha value is -0.570. The van der Waals surface area contributed by atoms with Crippen LogP contribution >= 0.6 is 0 Å². The first kappa shape index (κ1) is 13.5. The highest BCUT2D eigenvalue weighted by Crippen LogP contribution is 2.27. The third-order valence-corrected chi connectivity index (χ3v) is 3.79. The molecule has 0 aromatic rings. The molecule has 0 radical (unpaired) electrons. The number of nitrogens with one attached hydrogen (secondary N) is 1. The smallest absolute Gasteiger partial charge is 0.236 e. The Morgan fingerprint density at radius 1 is 1.31 bits per heavy atom. The van der Waals surface area contributed by atoms with E-state index < -0.39 is 0 Å². The summed E-state index contributed by atoms with van der Waals surface area (Å²) in [6, 6.07) is 0.286. The molecular weight excluding hydrogens is 200 g/mol. The van der Waals surface area contributed by atoms with Crippen LogP contribution in [0.15, 0.2) is 0 Å². The number of carbonyl (C=O) groups excluding carboxylic acids is 1. The molecule has 0 saturated heterocycles. The molecule has 16 heavy (non-hydrogen) atoms. The average Bonchev–Trinajstić information content (AvgIpc) is 2.26. The molecule has 0 aromatic carbocycles. The Morgan fingerprint density at radius 3 is 2.38 bits per heavy atom. The van der Waals surface area contributed by atoms with Crippen LogP contribution in [0.3, 0.4) is 0 Å². The zero-order valence-corrected chi connectivity index (χ0v) is 11.2. The molecule has 1 N–H and O–H groups in total. The molecule has 0 unspecified atom stereocenters. The Kier molecular flexibility index (Phi) is 4.78. The fourth-order valence-corrected chi connectivity index (χ4v) is 2.21. The van der Waals surface area contributed by atoms with E-state index >= 15 is 0 Å². The third-order valence-electron chi connectivity index (χ3n) is 3.79. The van der Waals surface area contributed by atoms with Crippen LogP contribution < -0.4 is 5.32 Å². The predicted molar refractivity (Wildman–Crippen MR) is 67.4 cm³/mol. The maximum Gasteiger partial charge on any atom is 0.236 e. The van der Waals surface area contributed by atoms with Crippen LogP contribution in [0.2, 0.25) is 0 Å². The monoisotopic (exact) mass is 226 g/mol. The minimum Gasteiger partial charge on any atom is -0.342 e. The fourth-order valence-electron chi connectivity index (χ4n) is 2.21. The van der Waals surface area contributed by atoms with Gasteiger partial charge in [0.05, 0.1) is 6.54 Å². The first-order valence-electron chi connectivity index (χ1n) is 6.45. The lowest BCUT2D eigenvalue weighted by atomic mass is 9.83. The number of likely N-dealkylation sites (N-methyl/N-ethyl adjacent to an activating group) is 1. The van der Waals surface area contributed by atoms with Gasteiger partial charge in [-0.3, -0.25) is 4.79 Å². The number of rotatable bonds is 4. The van der Waals surface area contributed by atoms with Crippen molar-refractivity contribution in [1.82, 2.24) is 10.2 Å². The Labute approximate surface area is 99.6 Å². The zero-order valence-electron chi connectivity index (χ0n) is 11.2. The first-order valence-corrected chi connectivity index (χ1v) is 6.45. The molecule has 3 heteroatoms. The minimum absolute atomic E-state index is 0.186. The number of hydrogen-bond donors (Lipinski definition) is 1. The van der Waals surface area contributed by atoms with Gasteiger partial charge in [0, 0.05) is 18.6 Å². The maximum atomic E-state index is 11.8. The van der Waals surface area contributed by atoms with Crippen molar-refractivity contribution in [2.45, 2.75) is 64.5 Å². The number of nitrogens with zero attached hydrogens (tertiary/aromatic N) is 1. The Balaban J connectivity index is 2.35. The van der Waals surface area contributed by atoms with Crippen molar-refractivity contribution in [3.63, 3.8) is 0 Å². The molecule has 3 nitrogen and oxygen atoms in total. The Morgan fingerprint density at radius 2 is 1.88 bits per heavy atom. The quantitative estimate of drug-likeness (QED) is 0.797. The molecule has 1 aliphatic rings. The van der Waals surface area contributed by atoms with Crippen LogP contribution in [-0.2, 0) is 4.79 Å². The van der Waals surface area contributed by atoms with E-state index in [1.807, 2.05) is 20.9 Å². The molecule has 1 amide bonds. The van der Waals surface area contributed by atoms with Gasteiger partial charge in [-0.25, -0.2) is 0 Å². The molecule has 1 saturated carbocycles. The van der Waals surface area contributed by atoms with E-state index in [0.29, 0.717) is 6.54 Å². The summed E-state index contributed by atoms with van der Waals surface area (Å²) in [4.78, 5) is 13.6. The summed E-state index contributed by atoms with van der Waals surface area (Å²) in [6.07, 6.45) is 6.32. The SMILES string of the molecule is CC(C)N(C)C(=O)CNC1(C)CCCCC1. The van der Waals surface area contributed by atoms with E-state index in [1.54, 1.807) is 4.90 Å². The summed E-state index contributed by atoms with van der Waals surface area (Å²) >= 11 is 0. The van der Waals surface area contributed by atoms with Crippen molar-refractivity contribution in [2.75, 3.05) is 13.6 Å². The second-order valence-corrected chi connectivity index (χ2v) is 5.57. The molecule has 0 aromatic heterocycles. The van der Waals surface area contributed by atoms with Crippen molar-refractivity contribution in [3.8, 4) is 0 Å². The van der Waals surface area contributed by atoms with Crippen LogP contribution in [0.4, 0.5) is 0 Å². The van der Waals surface area contributed by atoms with E-state index in [1.165, 1.54) is 32.1 Å². The van der Waals surface area contributed by atoms with Gasteiger partial charge in [0.2, 0.25) is 5.91 Å². The van der Waals surface area contributed by atoms with Crippen molar-refractivity contribution >= 4 is 5.91 Å². The molecule has 0 heterocycles. The van der Waals surface area contributed by atoms with Crippen LogP contribution in [0.1, 0.15) is 52.9 Å². The first-order chi connectivity index (χ1) is 7.44. The normalized spacial score (nSPS) is 19.8. The molecular formula is C13H26N2O. The maximum absolute atomic E-state index is 11.8. The van der Waals surface area contributed by atoms with Crippen molar-refractivity contribution < 1.29 is 4.79 Å². The number of carbonyl (C=O) groups is 1. The van der Waals surface area contributed by atoms with Gasteiger partial charge in [0.1, 0.15) is 0 Å². The van der Waals surface area contributed by atoms with E-state index in [-0.39, 0.29) is 17.5 Å². The highest BCUT2D eigenvalue weighted by Gasteiger charge is 2.27. The lowest BCUT2D eigenvalue weighted by molar-refractivity contribution is -0.130. The number of amides is 1. The molecule has 94 valence electrons. The molecule has 1 fully saturated rings. The summed E-state index contributed by atoms with van der Waals surface area (Å²) in [6.45, 7) is 6.81. The largest absolute Gasteiger partial charge is 0.342 e. The van der Waals surface area contributed by atoms with Gasteiger partial charge in [-0.2, -0.15) is 0 Å². The van der Waals surface area contributed by atoms with Crippen molar-refractivity contribution in [1.29, 1.82) is 0 Å². The summed E-state index contributed by atoms with van der Waals surface area (Å²) < 4.78 is 0. The van der Waals surface area contributed by atoms with Gasteiger partial charge >= 0.3 is 0 Å². The van der Waals surface area contributed by atoms with E-state index in [4.69, 9.17) is 0 Å². The van der Waals surface area contributed by atoms with E-state index in [0.717, 1.165) is 0 Å². The predicted octanol–water partition coefficient (Wildman–Crippen LogP) is 2.17. The summed E-state index contributed by atoms with van der Waals surface area (Å²) in [5.74, 6) is 0.196. The topological polar surface area (TPSA) is 32.3 Å². The summed E-state index contributed by atoms with van der Waals surface area (Å²) in [5.41, 5.74) is 0.186. The lowest BCUT2D eigenvalue weighted by Crippen LogP contribution is -2.49. The molecule has 0 atom stereocenters. The van der Waals surface area contributed by atoms with Crippen LogP contribution in [0, 0.1) is 0 Å². The van der Waals surface area contributed by atoms with E-state index in [2.05, 4.69) is 12.2 Å². The minimum atomic E-state index is 0.186. The zero-order chi connectivity index (χ0) is 12.2. The summed E-state index contributed by atoms with van der Waals surface area (Å²) in [5, 5.41) is 3.44. The lowest BCUT2D eigenvalue weighted by Gasteiger charge is -2.35. The van der Waals surface area contributed by atoms with Crippen LogP contribution in [0.5, 0.6) is 0 Å². The van der Waals surface area contributed by atoms with Gasteiger partial charge in [-0.1, -0.05) is 19.3 Å². The highest BCUT2D eigenvalue weighted by molar-refractivity contribution is 5.78. The number of hydrogen-bond acceptors (Lipinski definition) is 2. The second-order valence-electron chi connectivity index (χ2n) is 5.57. The van der Waals surface area contributed by atoms with Crippen LogP contribution in [0.25, 0.3) is 0 Å². The van der Waals surface area contributed by atoms with Gasteiger partial charge in [-0.15, -0.1) is 0 Å². The molecule has 0 spiro atoms. The van der Waals surface area contributed by atoms with Gasteiger partial charge in [-0.05, 0) is 33.6 Å². The second kappa shape index (κ2) is 5.67. The van der Waals surface area contributed by atoms with Gasteiger partial charge in [0.25, 0.3) is 0 Å². The standard InChI is InChI=1S/C13H26N2O/c1-11(2)15(4)12(16)10-14-13(3)8-6-5-7-9-13/h11,14H,5-10H2,1-4H3. The van der Waals surface area contributed by atoms with Crippen molar-refractivity contribution in [3.05, 3.63) is 0 Å². The molecule has 1 rings (SSSR count). The van der Waals surface area contributed by atoms with Crippen LogP contribution in [-0.4, -0.2) is 36.0 Å². The van der Waals surface area contributed by atoms with Crippen molar-refractivity contribution in [2.24, 2.45) is 0 Å². The Bertz CT molecular complexity index is 232. The van der Waals surface area contributed by atoms with E-state index in [9.17, 15) is 4.79 Å². The van der Waals surface area contributed by atoms with Gasteiger partial charge < -0.3 is 10.2 Å². The fraction of sp³-hybridized carbons (Fsp3) is 0.923.